The molecule has 0 saturated carbocycles. The van der Waals surface area contributed by atoms with E-state index in [0.717, 1.165) is 49.5 Å². The lowest BCUT2D eigenvalue weighted by atomic mass is 9.97. The molecule has 1 aromatic heterocycles. The second-order valence-electron chi connectivity index (χ2n) is 6.45. The molecule has 1 aromatic carbocycles. The molecule has 2 heterocycles. The zero-order valence-electron chi connectivity index (χ0n) is 15.1. The summed E-state index contributed by atoms with van der Waals surface area (Å²) in [7, 11) is 1.62. The van der Waals surface area contributed by atoms with Gasteiger partial charge >= 0.3 is 6.09 Å². The SMILES string of the molecule is COc1cccc(COC(=O)N2CCC(CNc3ccncc3)CC2)c1. The van der Waals surface area contributed by atoms with Crippen molar-refractivity contribution < 1.29 is 14.3 Å². The smallest absolute Gasteiger partial charge is 0.410 e. The minimum absolute atomic E-state index is 0.242. The van der Waals surface area contributed by atoms with Gasteiger partial charge in [0.1, 0.15) is 12.4 Å². The van der Waals surface area contributed by atoms with E-state index in [0.29, 0.717) is 5.92 Å². The van der Waals surface area contributed by atoms with E-state index < -0.39 is 0 Å². The van der Waals surface area contributed by atoms with Crippen LogP contribution in [0.25, 0.3) is 0 Å². The summed E-state index contributed by atoms with van der Waals surface area (Å²) in [6, 6.07) is 11.5. The number of pyridine rings is 1. The second kappa shape index (κ2) is 9.08. The fourth-order valence-corrected chi connectivity index (χ4v) is 3.05. The number of hydrogen-bond donors (Lipinski definition) is 1. The first kappa shape index (κ1) is 18.0. The van der Waals surface area contributed by atoms with Crippen molar-refractivity contribution in [1.29, 1.82) is 0 Å². The number of piperidine rings is 1. The van der Waals surface area contributed by atoms with Crippen LogP contribution in [-0.2, 0) is 11.3 Å². The number of benzene rings is 1. The van der Waals surface area contributed by atoms with Gasteiger partial charge in [-0.2, -0.15) is 0 Å². The summed E-state index contributed by atoms with van der Waals surface area (Å²) in [4.78, 5) is 18.1. The molecule has 3 rings (SSSR count). The number of ether oxygens (including phenoxy) is 2. The zero-order valence-corrected chi connectivity index (χ0v) is 15.1. The zero-order chi connectivity index (χ0) is 18.2. The molecular weight excluding hydrogens is 330 g/mol. The molecule has 0 unspecified atom stereocenters. The number of aromatic nitrogens is 1. The van der Waals surface area contributed by atoms with E-state index in [9.17, 15) is 4.79 Å². The predicted octanol–water partition coefficient (Wildman–Crippen LogP) is 3.55. The summed E-state index contributed by atoms with van der Waals surface area (Å²) in [5.41, 5.74) is 2.01. The number of methoxy groups -OCH3 is 1. The van der Waals surface area contributed by atoms with Gasteiger partial charge < -0.3 is 19.7 Å². The highest BCUT2D eigenvalue weighted by molar-refractivity contribution is 5.67. The Morgan fingerprint density at radius 1 is 1.23 bits per heavy atom. The number of amides is 1. The second-order valence-corrected chi connectivity index (χ2v) is 6.45. The van der Waals surface area contributed by atoms with Crippen molar-refractivity contribution in [3.63, 3.8) is 0 Å². The number of carbonyl (C=O) groups is 1. The van der Waals surface area contributed by atoms with Gasteiger partial charge in [-0.05, 0) is 48.6 Å². The van der Waals surface area contributed by atoms with Crippen LogP contribution in [0.1, 0.15) is 18.4 Å². The van der Waals surface area contributed by atoms with Crippen LogP contribution >= 0.6 is 0 Å². The van der Waals surface area contributed by atoms with Crippen LogP contribution in [0, 0.1) is 5.92 Å². The Hall–Kier alpha value is -2.76. The van der Waals surface area contributed by atoms with Crippen molar-refractivity contribution in [2.75, 3.05) is 32.1 Å². The topological polar surface area (TPSA) is 63.7 Å². The highest BCUT2D eigenvalue weighted by Gasteiger charge is 2.23. The van der Waals surface area contributed by atoms with E-state index >= 15 is 0 Å². The lowest BCUT2D eigenvalue weighted by Gasteiger charge is -2.31. The number of hydrogen-bond acceptors (Lipinski definition) is 5. The molecule has 1 aliphatic rings. The van der Waals surface area contributed by atoms with Crippen molar-refractivity contribution in [3.05, 3.63) is 54.4 Å². The van der Waals surface area contributed by atoms with Crippen molar-refractivity contribution in [2.45, 2.75) is 19.4 Å². The quantitative estimate of drug-likeness (QED) is 0.858. The average molecular weight is 355 g/mol. The molecule has 0 atom stereocenters. The summed E-state index contributed by atoms with van der Waals surface area (Å²) in [5.74, 6) is 1.33. The molecule has 1 N–H and O–H groups in total. The van der Waals surface area contributed by atoms with Gasteiger partial charge in [0.05, 0.1) is 7.11 Å². The van der Waals surface area contributed by atoms with Crippen LogP contribution in [0.5, 0.6) is 5.75 Å². The number of rotatable bonds is 6. The van der Waals surface area contributed by atoms with Crippen LogP contribution in [0.3, 0.4) is 0 Å². The van der Waals surface area contributed by atoms with Gasteiger partial charge in [-0.3, -0.25) is 4.98 Å². The molecule has 138 valence electrons. The molecule has 0 spiro atoms. The first-order valence-electron chi connectivity index (χ1n) is 8.93. The Morgan fingerprint density at radius 3 is 2.73 bits per heavy atom. The Morgan fingerprint density at radius 2 is 2.00 bits per heavy atom. The monoisotopic (exact) mass is 355 g/mol. The van der Waals surface area contributed by atoms with Crippen LogP contribution in [0.15, 0.2) is 48.8 Å². The van der Waals surface area contributed by atoms with Crippen molar-refractivity contribution in [1.82, 2.24) is 9.88 Å². The van der Waals surface area contributed by atoms with Gasteiger partial charge in [0.15, 0.2) is 0 Å². The largest absolute Gasteiger partial charge is 0.497 e. The molecule has 1 aliphatic heterocycles. The first-order chi connectivity index (χ1) is 12.7. The summed E-state index contributed by atoms with van der Waals surface area (Å²) in [6.45, 7) is 2.65. The minimum Gasteiger partial charge on any atom is -0.497 e. The fraction of sp³-hybridized carbons (Fsp3) is 0.400. The molecule has 26 heavy (non-hydrogen) atoms. The third-order valence-electron chi connectivity index (χ3n) is 4.64. The Balaban J connectivity index is 1.39. The number of nitrogens with one attached hydrogen (secondary N) is 1. The molecule has 6 nitrogen and oxygen atoms in total. The fourth-order valence-electron chi connectivity index (χ4n) is 3.05. The maximum absolute atomic E-state index is 12.3. The maximum atomic E-state index is 12.3. The van der Waals surface area contributed by atoms with Gasteiger partial charge in [0.25, 0.3) is 0 Å². The van der Waals surface area contributed by atoms with E-state index in [2.05, 4.69) is 10.3 Å². The number of anilines is 1. The van der Waals surface area contributed by atoms with E-state index in [-0.39, 0.29) is 12.7 Å². The molecular formula is C20H25N3O3. The van der Waals surface area contributed by atoms with Crippen LogP contribution < -0.4 is 10.1 Å². The lowest BCUT2D eigenvalue weighted by molar-refractivity contribution is 0.0832. The van der Waals surface area contributed by atoms with Gasteiger partial charge in [-0.25, -0.2) is 4.79 Å². The van der Waals surface area contributed by atoms with Crippen LogP contribution in [0.4, 0.5) is 10.5 Å². The van der Waals surface area contributed by atoms with E-state index in [1.54, 1.807) is 24.4 Å². The number of nitrogens with zero attached hydrogens (tertiary/aromatic N) is 2. The predicted molar refractivity (Wildman–Crippen MR) is 100 cm³/mol. The van der Waals surface area contributed by atoms with E-state index in [1.165, 1.54) is 0 Å². The highest BCUT2D eigenvalue weighted by atomic mass is 16.6. The standard InChI is InChI=1S/C20H25N3O3/c1-25-19-4-2-3-17(13-19)15-26-20(24)23-11-7-16(8-12-23)14-22-18-5-9-21-10-6-18/h2-6,9-10,13,16H,7-8,11-12,14-15H2,1H3,(H,21,22). The summed E-state index contributed by atoms with van der Waals surface area (Å²) in [5, 5.41) is 3.43. The van der Waals surface area contributed by atoms with Crippen molar-refractivity contribution in [2.24, 2.45) is 5.92 Å². The maximum Gasteiger partial charge on any atom is 0.410 e. The van der Waals surface area contributed by atoms with Crippen molar-refractivity contribution >= 4 is 11.8 Å². The number of carbonyl (C=O) groups excluding carboxylic acids is 1. The molecule has 2 aromatic rings. The molecule has 6 heteroatoms. The molecule has 0 aliphatic carbocycles. The third-order valence-corrected chi connectivity index (χ3v) is 4.64. The Labute approximate surface area is 154 Å². The normalized spacial score (nSPS) is 14.7. The van der Waals surface area contributed by atoms with Crippen LogP contribution in [-0.4, -0.2) is 42.7 Å². The lowest BCUT2D eigenvalue weighted by Crippen LogP contribution is -2.40. The van der Waals surface area contributed by atoms with Crippen molar-refractivity contribution in [3.8, 4) is 5.75 Å². The molecule has 1 amide bonds. The van der Waals surface area contributed by atoms with Gasteiger partial charge in [-0.15, -0.1) is 0 Å². The van der Waals surface area contributed by atoms with Gasteiger partial charge in [0.2, 0.25) is 0 Å². The van der Waals surface area contributed by atoms with Gasteiger partial charge in [0, 0.05) is 37.7 Å². The van der Waals surface area contributed by atoms with E-state index in [4.69, 9.17) is 9.47 Å². The Bertz CT molecular complexity index is 700. The number of likely N-dealkylation sites (tertiary alicyclic amines) is 1. The van der Waals surface area contributed by atoms with Gasteiger partial charge in [-0.1, -0.05) is 12.1 Å². The molecule has 0 bridgehead atoms. The first-order valence-corrected chi connectivity index (χ1v) is 8.93. The summed E-state index contributed by atoms with van der Waals surface area (Å²) in [6.07, 6.45) is 5.28. The summed E-state index contributed by atoms with van der Waals surface area (Å²) < 4.78 is 10.6. The molecule has 1 saturated heterocycles. The minimum atomic E-state index is -0.242. The van der Waals surface area contributed by atoms with E-state index in [1.807, 2.05) is 36.4 Å². The van der Waals surface area contributed by atoms with Crippen LogP contribution in [0.2, 0.25) is 0 Å². The average Bonchev–Trinajstić information content (AvgIpc) is 2.72. The summed E-state index contributed by atoms with van der Waals surface area (Å²) >= 11 is 0. The Kier molecular flexibility index (Phi) is 6.30. The highest BCUT2D eigenvalue weighted by Crippen LogP contribution is 2.19. The molecule has 1 fully saturated rings. The third kappa shape index (κ3) is 5.12. The molecule has 0 radical (unpaired) electrons.